The molecule has 0 radical (unpaired) electrons. The largest absolute Gasteiger partial charge is 0.491 e. The lowest BCUT2D eigenvalue weighted by molar-refractivity contribution is -0.145. The lowest BCUT2D eigenvalue weighted by Crippen LogP contribution is -2.42. The second kappa shape index (κ2) is 11.7. The van der Waals surface area contributed by atoms with Crippen molar-refractivity contribution in [2.75, 3.05) is 33.4 Å². The molecule has 1 unspecified atom stereocenters. The highest BCUT2D eigenvalue weighted by Gasteiger charge is 2.34. The van der Waals surface area contributed by atoms with Crippen LogP contribution in [0.5, 0.6) is 5.75 Å². The molecule has 4 rings (SSSR count). The van der Waals surface area contributed by atoms with E-state index in [0.29, 0.717) is 18.2 Å². The molecule has 1 fully saturated rings. The highest BCUT2D eigenvalue weighted by Crippen LogP contribution is 2.33. The number of thiazole rings is 1. The highest BCUT2D eigenvalue weighted by molar-refractivity contribution is 7.15. The molecular weight excluding hydrogens is 526 g/mol. The van der Waals surface area contributed by atoms with Crippen LogP contribution in [-0.2, 0) is 17.3 Å². The van der Waals surface area contributed by atoms with Crippen molar-refractivity contribution in [1.82, 2.24) is 25.2 Å². The number of hydrogen-bond donors (Lipinski definition) is 1. The summed E-state index contributed by atoms with van der Waals surface area (Å²) >= 11 is 1.31. The second-order valence-corrected chi connectivity index (χ2v) is 10.0. The number of nitrogens with zero attached hydrogens (tertiary/aromatic N) is 4. The molecule has 1 aromatic carbocycles. The number of morpholine rings is 1. The summed E-state index contributed by atoms with van der Waals surface area (Å²) < 4.78 is 65.6. The Balaban J connectivity index is 1.58. The molecule has 3 heterocycles. The van der Waals surface area contributed by atoms with Crippen molar-refractivity contribution in [3.05, 3.63) is 58.4 Å². The molecule has 1 aliphatic heterocycles. The molecule has 0 bridgehead atoms. The average molecular weight is 554 g/mol. The van der Waals surface area contributed by atoms with Gasteiger partial charge in [-0.1, -0.05) is 6.92 Å². The third-order valence-corrected chi connectivity index (χ3v) is 7.15. The number of alkyl halides is 3. The van der Waals surface area contributed by atoms with Crippen molar-refractivity contribution in [3.8, 4) is 16.3 Å². The molecule has 1 aliphatic rings. The number of carbonyl (C=O) groups is 1. The minimum absolute atomic E-state index is 0.115. The second-order valence-electron chi connectivity index (χ2n) is 8.92. The van der Waals surface area contributed by atoms with Gasteiger partial charge in [-0.2, -0.15) is 13.2 Å². The lowest BCUT2D eigenvalue weighted by atomic mass is 10.1. The third kappa shape index (κ3) is 6.63. The third-order valence-electron chi connectivity index (χ3n) is 5.97. The van der Waals surface area contributed by atoms with Crippen molar-refractivity contribution in [1.29, 1.82) is 0 Å². The van der Waals surface area contributed by atoms with Gasteiger partial charge in [0.15, 0.2) is 0 Å². The number of hydrogen-bond acceptors (Lipinski definition) is 8. The van der Waals surface area contributed by atoms with Gasteiger partial charge in [0.1, 0.15) is 29.3 Å². The number of rotatable bonds is 8. The van der Waals surface area contributed by atoms with Crippen molar-refractivity contribution in [3.63, 3.8) is 0 Å². The van der Waals surface area contributed by atoms with Crippen LogP contribution >= 0.6 is 11.3 Å². The van der Waals surface area contributed by atoms with Gasteiger partial charge in [-0.3, -0.25) is 4.79 Å². The zero-order valence-corrected chi connectivity index (χ0v) is 21.8. The number of aromatic nitrogens is 3. The zero-order chi connectivity index (χ0) is 27.4. The summed E-state index contributed by atoms with van der Waals surface area (Å²) in [6.07, 6.45) is -0.536. The molecule has 2 aromatic heterocycles. The fraction of sp³-hybridized carbons (Fsp3) is 0.440. The number of halogens is 4. The fourth-order valence-corrected chi connectivity index (χ4v) is 4.68. The summed E-state index contributed by atoms with van der Waals surface area (Å²) in [5.41, 5.74) is 0.0575. The summed E-state index contributed by atoms with van der Waals surface area (Å²) in [4.78, 5) is 27.1. The van der Waals surface area contributed by atoms with Gasteiger partial charge in [-0.15, -0.1) is 11.3 Å². The molecule has 0 aliphatic carbocycles. The number of likely N-dealkylation sites (N-methyl/N-ethyl adjacent to an activating group) is 1. The predicted octanol–water partition coefficient (Wildman–Crippen LogP) is 4.52. The van der Waals surface area contributed by atoms with Gasteiger partial charge >= 0.3 is 6.18 Å². The van der Waals surface area contributed by atoms with E-state index in [-0.39, 0.29) is 35.2 Å². The van der Waals surface area contributed by atoms with Crippen LogP contribution in [0.3, 0.4) is 0 Å². The van der Waals surface area contributed by atoms with Crippen molar-refractivity contribution < 1.29 is 31.8 Å². The topological polar surface area (TPSA) is 89.5 Å². The maximum Gasteiger partial charge on any atom is 0.451 e. The Morgan fingerprint density at radius 2 is 2.00 bits per heavy atom. The number of nitrogens with one attached hydrogen (secondary N) is 1. The molecule has 8 nitrogen and oxygen atoms in total. The Morgan fingerprint density at radius 1 is 1.26 bits per heavy atom. The lowest BCUT2D eigenvalue weighted by Gasteiger charge is -2.29. The van der Waals surface area contributed by atoms with Gasteiger partial charge < -0.3 is 19.7 Å². The number of amides is 1. The van der Waals surface area contributed by atoms with Gasteiger partial charge in [0, 0.05) is 42.1 Å². The minimum Gasteiger partial charge on any atom is -0.491 e. The average Bonchev–Trinajstić information content (AvgIpc) is 3.37. The first-order chi connectivity index (χ1) is 18.0. The molecule has 1 saturated heterocycles. The normalized spacial score (nSPS) is 17.3. The SMILES string of the molecule is CCc1cnc(-c2cc(OCC3CN(C)CCO3)cc(C(=O)N[C@H](C)c3cnc(C(F)(F)F)nc3)c2F)s1. The molecule has 13 heteroatoms. The predicted molar refractivity (Wildman–Crippen MR) is 133 cm³/mol. The standard InChI is InChI=1S/C25H27F4N5O3S/c1-4-18-11-30-23(38-18)20-8-16(37-13-17-12-34(3)5-6-36-17)7-19(21(20)26)22(35)33-14(2)15-9-31-24(32-10-15)25(27,28)29/h7-11,14,17H,4-6,12-13H2,1-3H3,(H,33,35)/t14-,17?/m1/s1. The maximum atomic E-state index is 15.7. The van der Waals surface area contributed by atoms with E-state index in [2.05, 4.69) is 25.2 Å². The summed E-state index contributed by atoms with van der Waals surface area (Å²) in [6, 6.07) is 2.00. The van der Waals surface area contributed by atoms with Gasteiger partial charge in [-0.25, -0.2) is 19.3 Å². The van der Waals surface area contributed by atoms with Gasteiger partial charge in [-0.05, 0) is 32.5 Å². The highest BCUT2D eigenvalue weighted by atomic mass is 32.1. The van der Waals surface area contributed by atoms with Crippen LogP contribution in [-0.4, -0.2) is 65.2 Å². The van der Waals surface area contributed by atoms with Crippen LogP contribution in [0.4, 0.5) is 17.6 Å². The van der Waals surface area contributed by atoms with Crippen molar-refractivity contribution in [2.24, 2.45) is 0 Å². The summed E-state index contributed by atoms with van der Waals surface area (Å²) in [7, 11) is 1.98. The first-order valence-corrected chi connectivity index (χ1v) is 12.8. The van der Waals surface area contributed by atoms with Gasteiger partial charge in [0.2, 0.25) is 5.82 Å². The number of ether oxygens (including phenoxy) is 2. The van der Waals surface area contributed by atoms with Crippen LogP contribution in [0, 0.1) is 5.82 Å². The van der Waals surface area contributed by atoms with E-state index in [4.69, 9.17) is 9.47 Å². The fourth-order valence-electron chi connectivity index (χ4n) is 3.82. The summed E-state index contributed by atoms with van der Waals surface area (Å²) in [5.74, 6) is -2.58. The first-order valence-electron chi connectivity index (χ1n) is 12.0. The number of carbonyl (C=O) groups excluding carboxylic acids is 1. The molecule has 0 saturated carbocycles. The minimum atomic E-state index is -4.68. The molecule has 38 heavy (non-hydrogen) atoms. The van der Waals surface area contributed by atoms with E-state index in [1.807, 2.05) is 14.0 Å². The molecular formula is C25H27F4N5O3S. The van der Waals surface area contributed by atoms with Crippen LogP contribution in [0.2, 0.25) is 0 Å². The van der Waals surface area contributed by atoms with Crippen LogP contribution in [0.15, 0.2) is 30.7 Å². The van der Waals surface area contributed by atoms with E-state index >= 15 is 4.39 Å². The van der Waals surface area contributed by atoms with E-state index in [1.165, 1.54) is 30.4 Å². The Bertz CT molecular complexity index is 1270. The molecule has 1 N–H and O–H groups in total. The van der Waals surface area contributed by atoms with Crippen molar-refractivity contribution in [2.45, 2.75) is 38.6 Å². The Kier molecular flexibility index (Phi) is 8.58. The van der Waals surface area contributed by atoms with Crippen LogP contribution in [0.1, 0.15) is 46.5 Å². The zero-order valence-electron chi connectivity index (χ0n) is 21.0. The van der Waals surface area contributed by atoms with E-state index in [1.54, 1.807) is 6.20 Å². The van der Waals surface area contributed by atoms with Crippen LogP contribution in [0.25, 0.3) is 10.6 Å². The Hall–Kier alpha value is -3.16. The smallest absolute Gasteiger partial charge is 0.451 e. The first kappa shape index (κ1) is 27.9. The monoisotopic (exact) mass is 553 g/mol. The summed E-state index contributed by atoms with van der Waals surface area (Å²) in [6.45, 7) is 5.74. The summed E-state index contributed by atoms with van der Waals surface area (Å²) in [5, 5.41) is 3.00. The number of benzene rings is 1. The molecule has 2 atom stereocenters. The molecule has 1 amide bonds. The van der Waals surface area contributed by atoms with E-state index < -0.39 is 29.8 Å². The molecule has 0 spiro atoms. The van der Waals surface area contributed by atoms with Gasteiger partial charge in [0.05, 0.1) is 23.8 Å². The van der Waals surface area contributed by atoms with Crippen molar-refractivity contribution >= 4 is 17.2 Å². The maximum absolute atomic E-state index is 15.7. The molecule has 204 valence electrons. The molecule has 3 aromatic rings. The number of aryl methyl sites for hydroxylation is 1. The van der Waals surface area contributed by atoms with Crippen LogP contribution < -0.4 is 10.1 Å². The Morgan fingerprint density at radius 3 is 2.63 bits per heavy atom. The Labute approximate surface area is 221 Å². The van der Waals surface area contributed by atoms with E-state index in [0.717, 1.165) is 30.2 Å². The van der Waals surface area contributed by atoms with Gasteiger partial charge in [0.25, 0.3) is 5.91 Å². The quantitative estimate of drug-likeness (QED) is 0.411. The van der Waals surface area contributed by atoms with E-state index in [9.17, 15) is 18.0 Å².